The Morgan fingerprint density at radius 2 is 1.81 bits per heavy atom. The number of nitrogens with one attached hydrogen (secondary N) is 2. The van der Waals surface area contributed by atoms with Gasteiger partial charge in [-0.05, 0) is 54.2 Å². The summed E-state index contributed by atoms with van der Waals surface area (Å²) in [7, 11) is 0. The first-order chi connectivity index (χ1) is 13.2. The summed E-state index contributed by atoms with van der Waals surface area (Å²) in [4.78, 5) is 23.5. The van der Waals surface area contributed by atoms with E-state index in [9.17, 15) is 9.59 Å². The van der Waals surface area contributed by atoms with Crippen molar-refractivity contribution in [3.8, 4) is 5.75 Å². The summed E-state index contributed by atoms with van der Waals surface area (Å²) >= 11 is 0. The molecule has 0 fully saturated rings. The third kappa shape index (κ3) is 5.99. The van der Waals surface area contributed by atoms with Crippen LogP contribution in [0.1, 0.15) is 23.1 Å². The van der Waals surface area contributed by atoms with Crippen molar-refractivity contribution in [2.45, 2.75) is 19.3 Å². The van der Waals surface area contributed by atoms with Gasteiger partial charge in [-0.2, -0.15) is 0 Å². The van der Waals surface area contributed by atoms with Crippen LogP contribution in [-0.2, 0) is 22.4 Å². The summed E-state index contributed by atoms with van der Waals surface area (Å²) in [5.41, 5.74) is 3.70. The van der Waals surface area contributed by atoms with Gasteiger partial charge in [0.1, 0.15) is 12.4 Å². The van der Waals surface area contributed by atoms with Crippen molar-refractivity contribution in [3.63, 3.8) is 0 Å². The second kappa shape index (κ2) is 9.57. The molecule has 1 aliphatic rings. The highest BCUT2D eigenvalue weighted by molar-refractivity contribution is 5.94. The summed E-state index contributed by atoms with van der Waals surface area (Å²) < 4.78 is 5.68. The second-order valence-corrected chi connectivity index (χ2v) is 6.44. The van der Waals surface area contributed by atoms with Crippen molar-refractivity contribution < 1.29 is 14.3 Å². The number of carbonyl (C=O) groups is 2. The molecular weight excluding hydrogens is 340 g/mol. The van der Waals surface area contributed by atoms with Crippen molar-refractivity contribution >= 4 is 17.9 Å². The van der Waals surface area contributed by atoms with Crippen LogP contribution in [0.15, 0.2) is 54.6 Å². The lowest BCUT2D eigenvalue weighted by atomic mass is 10.1. The lowest BCUT2D eigenvalue weighted by molar-refractivity contribution is -0.124. The molecule has 5 heteroatoms. The maximum atomic E-state index is 11.8. The van der Waals surface area contributed by atoms with E-state index in [0.717, 1.165) is 24.2 Å². The van der Waals surface area contributed by atoms with Gasteiger partial charge in [-0.1, -0.05) is 36.4 Å². The molecule has 2 aromatic rings. The zero-order valence-electron chi connectivity index (χ0n) is 15.2. The monoisotopic (exact) mass is 364 g/mol. The van der Waals surface area contributed by atoms with E-state index < -0.39 is 0 Å². The van der Waals surface area contributed by atoms with Crippen LogP contribution < -0.4 is 15.4 Å². The highest BCUT2D eigenvalue weighted by Gasteiger charge is 2.11. The van der Waals surface area contributed by atoms with Gasteiger partial charge >= 0.3 is 0 Å². The Labute approximate surface area is 159 Å². The van der Waals surface area contributed by atoms with Crippen LogP contribution in [0.25, 0.3) is 6.08 Å². The Bertz CT molecular complexity index is 816. The maximum Gasteiger partial charge on any atom is 0.244 e. The molecule has 1 aliphatic carbocycles. The third-order valence-corrected chi connectivity index (χ3v) is 4.41. The van der Waals surface area contributed by atoms with Gasteiger partial charge in [0, 0.05) is 6.08 Å². The zero-order chi connectivity index (χ0) is 18.9. The number of rotatable bonds is 8. The molecule has 5 nitrogen and oxygen atoms in total. The van der Waals surface area contributed by atoms with Crippen molar-refractivity contribution in [2.75, 3.05) is 19.7 Å². The molecular formula is C22H24N2O3. The number of hydrogen-bond donors (Lipinski definition) is 2. The normalized spacial score (nSPS) is 12.6. The molecule has 0 unspecified atom stereocenters. The van der Waals surface area contributed by atoms with Gasteiger partial charge in [-0.3, -0.25) is 9.59 Å². The van der Waals surface area contributed by atoms with E-state index in [1.165, 1.54) is 23.6 Å². The Balaban J connectivity index is 1.30. The number of hydrogen-bond acceptors (Lipinski definition) is 3. The van der Waals surface area contributed by atoms with E-state index in [0.29, 0.717) is 13.2 Å². The van der Waals surface area contributed by atoms with E-state index >= 15 is 0 Å². The standard InChI is InChI=1S/C22H24N2O3/c25-21(12-9-17-5-2-1-3-6-17)24-16-22(26)23-13-14-27-20-11-10-18-7-4-8-19(18)15-20/h1-3,5-6,9-12,15H,4,7-8,13-14,16H2,(H,23,26)(H,24,25)/b12-9+. The summed E-state index contributed by atoms with van der Waals surface area (Å²) in [6, 6.07) is 15.7. The SMILES string of the molecule is O=C(/C=C/c1ccccc1)NCC(=O)NCCOc1ccc2c(c1)CCC2. The maximum absolute atomic E-state index is 11.8. The summed E-state index contributed by atoms with van der Waals surface area (Å²) in [6.45, 7) is 0.731. The first-order valence-electron chi connectivity index (χ1n) is 9.23. The quantitative estimate of drug-likeness (QED) is 0.559. The van der Waals surface area contributed by atoms with Gasteiger partial charge < -0.3 is 15.4 Å². The van der Waals surface area contributed by atoms with Crippen molar-refractivity contribution in [2.24, 2.45) is 0 Å². The van der Waals surface area contributed by atoms with Gasteiger partial charge in [0.15, 0.2) is 0 Å². The topological polar surface area (TPSA) is 67.4 Å². The van der Waals surface area contributed by atoms with Crippen molar-refractivity contribution in [3.05, 3.63) is 71.3 Å². The minimum atomic E-state index is -0.302. The highest BCUT2D eigenvalue weighted by Crippen LogP contribution is 2.25. The summed E-state index contributed by atoms with van der Waals surface area (Å²) in [5.74, 6) is 0.293. The summed E-state index contributed by atoms with van der Waals surface area (Å²) in [5, 5.41) is 5.29. The van der Waals surface area contributed by atoms with Crippen LogP contribution in [0, 0.1) is 0 Å². The minimum Gasteiger partial charge on any atom is -0.492 e. The van der Waals surface area contributed by atoms with Crippen LogP contribution in [0.3, 0.4) is 0 Å². The average molecular weight is 364 g/mol. The van der Waals surface area contributed by atoms with Gasteiger partial charge in [0.2, 0.25) is 11.8 Å². The zero-order valence-corrected chi connectivity index (χ0v) is 15.2. The molecule has 3 rings (SSSR count). The van der Waals surface area contributed by atoms with E-state index in [1.807, 2.05) is 36.4 Å². The first kappa shape index (κ1) is 18.7. The number of amides is 2. The van der Waals surface area contributed by atoms with E-state index in [-0.39, 0.29) is 18.4 Å². The number of fused-ring (bicyclic) bond motifs is 1. The van der Waals surface area contributed by atoms with Crippen molar-refractivity contribution in [1.29, 1.82) is 0 Å². The molecule has 0 saturated carbocycles. The third-order valence-electron chi connectivity index (χ3n) is 4.41. The van der Waals surface area contributed by atoms with E-state index in [4.69, 9.17) is 4.74 Å². The van der Waals surface area contributed by atoms with Gasteiger partial charge in [-0.25, -0.2) is 0 Å². The smallest absolute Gasteiger partial charge is 0.244 e. The fraction of sp³-hybridized carbons (Fsp3) is 0.273. The lowest BCUT2D eigenvalue weighted by Gasteiger charge is -2.09. The molecule has 27 heavy (non-hydrogen) atoms. The first-order valence-corrected chi connectivity index (χ1v) is 9.23. The molecule has 2 aromatic carbocycles. The molecule has 0 radical (unpaired) electrons. The molecule has 2 N–H and O–H groups in total. The van der Waals surface area contributed by atoms with Crippen LogP contribution in [-0.4, -0.2) is 31.5 Å². The predicted molar refractivity (Wildman–Crippen MR) is 105 cm³/mol. The average Bonchev–Trinajstić information content (AvgIpc) is 3.17. The lowest BCUT2D eigenvalue weighted by Crippen LogP contribution is -2.37. The predicted octanol–water partition coefficient (Wildman–Crippen LogP) is 2.50. The van der Waals surface area contributed by atoms with Crippen LogP contribution >= 0.6 is 0 Å². The minimum absolute atomic E-state index is 0.0587. The van der Waals surface area contributed by atoms with Crippen LogP contribution in [0.4, 0.5) is 0 Å². The molecule has 0 spiro atoms. The molecule has 0 saturated heterocycles. The second-order valence-electron chi connectivity index (χ2n) is 6.44. The van der Waals surface area contributed by atoms with Gasteiger partial charge in [0.25, 0.3) is 0 Å². The molecule has 0 bridgehead atoms. The number of ether oxygens (including phenoxy) is 1. The highest BCUT2D eigenvalue weighted by atomic mass is 16.5. The molecule has 2 amide bonds. The van der Waals surface area contributed by atoms with E-state index in [1.54, 1.807) is 6.08 Å². The van der Waals surface area contributed by atoms with E-state index in [2.05, 4.69) is 22.8 Å². The van der Waals surface area contributed by atoms with Crippen LogP contribution in [0.2, 0.25) is 0 Å². The molecule has 0 aromatic heterocycles. The molecule has 140 valence electrons. The largest absolute Gasteiger partial charge is 0.492 e. The van der Waals surface area contributed by atoms with Crippen molar-refractivity contribution in [1.82, 2.24) is 10.6 Å². The molecule has 0 heterocycles. The Morgan fingerprint density at radius 3 is 2.67 bits per heavy atom. The molecule has 0 aliphatic heterocycles. The van der Waals surface area contributed by atoms with Gasteiger partial charge in [-0.15, -0.1) is 0 Å². The van der Waals surface area contributed by atoms with Gasteiger partial charge in [0.05, 0.1) is 13.1 Å². The number of benzene rings is 2. The fourth-order valence-corrected chi connectivity index (χ4v) is 3.02. The Hall–Kier alpha value is -3.08. The number of aryl methyl sites for hydroxylation is 2. The number of carbonyl (C=O) groups excluding carboxylic acids is 2. The fourth-order valence-electron chi connectivity index (χ4n) is 3.02. The Morgan fingerprint density at radius 1 is 1.00 bits per heavy atom. The molecule has 0 atom stereocenters. The Kier molecular flexibility index (Phi) is 6.63. The summed E-state index contributed by atoms with van der Waals surface area (Å²) in [6.07, 6.45) is 6.60. The van der Waals surface area contributed by atoms with Crippen LogP contribution in [0.5, 0.6) is 5.75 Å².